The lowest BCUT2D eigenvalue weighted by molar-refractivity contribution is -0.120. The molecule has 1 N–H and O–H groups in total. The largest absolute Gasteiger partial charge is 0.497 e. The molecule has 0 aliphatic carbocycles. The number of methoxy groups -OCH3 is 2. The predicted octanol–water partition coefficient (Wildman–Crippen LogP) is 2.91. The maximum atomic E-state index is 12.5. The second kappa shape index (κ2) is 8.03. The van der Waals surface area contributed by atoms with Gasteiger partial charge in [0.1, 0.15) is 11.5 Å². The molecule has 0 saturated carbocycles. The molecule has 0 bridgehead atoms. The van der Waals surface area contributed by atoms with Gasteiger partial charge < -0.3 is 14.8 Å². The number of rotatable bonds is 5. The van der Waals surface area contributed by atoms with E-state index in [2.05, 4.69) is 10.2 Å². The normalized spacial score (nSPS) is 17.4. The SMILES string of the molecule is COc1ccc(NC(=O)[C@@H](C)N2CCCCCC2)c(OC)c1. The van der Waals surface area contributed by atoms with Crippen molar-refractivity contribution in [2.24, 2.45) is 0 Å². The van der Waals surface area contributed by atoms with Gasteiger partial charge in [0.25, 0.3) is 0 Å². The zero-order valence-corrected chi connectivity index (χ0v) is 13.7. The van der Waals surface area contributed by atoms with Gasteiger partial charge in [0.05, 0.1) is 25.9 Å². The molecule has 1 aromatic carbocycles. The molecule has 2 rings (SSSR count). The van der Waals surface area contributed by atoms with Crippen LogP contribution < -0.4 is 14.8 Å². The van der Waals surface area contributed by atoms with Gasteiger partial charge in [0.15, 0.2) is 0 Å². The van der Waals surface area contributed by atoms with E-state index in [1.54, 1.807) is 20.3 Å². The number of likely N-dealkylation sites (tertiary alicyclic amines) is 1. The zero-order valence-electron chi connectivity index (χ0n) is 13.7. The summed E-state index contributed by atoms with van der Waals surface area (Å²) < 4.78 is 10.5. The summed E-state index contributed by atoms with van der Waals surface area (Å²) in [7, 11) is 3.19. The third kappa shape index (κ3) is 4.13. The first-order valence-electron chi connectivity index (χ1n) is 7.92. The highest BCUT2D eigenvalue weighted by atomic mass is 16.5. The molecule has 0 aromatic heterocycles. The average Bonchev–Trinajstić information content (AvgIpc) is 2.83. The second-order valence-corrected chi connectivity index (χ2v) is 5.68. The molecule has 1 fully saturated rings. The molecule has 0 unspecified atom stereocenters. The number of amides is 1. The Kier molecular flexibility index (Phi) is 6.07. The van der Waals surface area contributed by atoms with Gasteiger partial charge in [-0.3, -0.25) is 9.69 Å². The quantitative estimate of drug-likeness (QED) is 0.909. The molecular weight excluding hydrogens is 280 g/mol. The van der Waals surface area contributed by atoms with Gasteiger partial charge in [0.2, 0.25) is 5.91 Å². The van der Waals surface area contributed by atoms with E-state index in [0.29, 0.717) is 17.2 Å². The number of anilines is 1. The van der Waals surface area contributed by atoms with Gasteiger partial charge in [-0.1, -0.05) is 12.8 Å². The Morgan fingerprint density at radius 2 is 1.82 bits per heavy atom. The van der Waals surface area contributed by atoms with Crippen molar-refractivity contribution in [1.82, 2.24) is 4.90 Å². The van der Waals surface area contributed by atoms with Crippen molar-refractivity contribution in [3.8, 4) is 11.5 Å². The molecule has 5 nitrogen and oxygen atoms in total. The van der Waals surface area contributed by atoms with Crippen molar-refractivity contribution in [2.45, 2.75) is 38.6 Å². The average molecular weight is 306 g/mol. The summed E-state index contributed by atoms with van der Waals surface area (Å²) in [6.45, 7) is 3.96. The van der Waals surface area contributed by atoms with Gasteiger partial charge in [-0.25, -0.2) is 0 Å². The minimum absolute atomic E-state index is 0.00497. The summed E-state index contributed by atoms with van der Waals surface area (Å²) in [5.41, 5.74) is 0.676. The fourth-order valence-electron chi connectivity index (χ4n) is 2.79. The topological polar surface area (TPSA) is 50.8 Å². The Hall–Kier alpha value is -1.75. The smallest absolute Gasteiger partial charge is 0.241 e. The zero-order chi connectivity index (χ0) is 15.9. The summed E-state index contributed by atoms with van der Waals surface area (Å²) in [4.78, 5) is 14.8. The van der Waals surface area contributed by atoms with E-state index in [9.17, 15) is 4.79 Å². The summed E-state index contributed by atoms with van der Waals surface area (Å²) in [6.07, 6.45) is 4.86. The van der Waals surface area contributed by atoms with E-state index in [-0.39, 0.29) is 11.9 Å². The molecule has 22 heavy (non-hydrogen) atoms. The van der Waals surface area contributed by atoms with Gasteiger partial charge in [-0.2, -0.15) is 0 Å². The number of ether oxygens (including phenoxy) is 2. The van der Waals surface area contributed by atoms with Crippen molar-refractivity contribution in [1.29, 1.82) is 0 Å². The van der Waals surface area contributed by atoms with Crippen LogP contribution in [0.1, 0.15) is 32.6 Å². The number of carbonyl (C=O) groups excluding carboxylic acids is 1. The molecular formula is C17H26N2O3. The Morgan fingerprint density at radius 3 is 2.41 bits per heavy atom. The maximum Gasteiger partial charge on any atom is 0.241 e. The number of nitrogens with one attached hydrogen (secondary N) is 1. The molecule has 5 heteroatoms. The van der Waals surface area contributed by atoms with Crippen molar-refractivity contribution in [3.63, 3.8) is 0 Å². The van der Waals surface area contributed by atoms with E-state index in [4.69, 9.17) is 9.47 Å². The second-order valence-electron chi connectivity index (χ2n) is 5.68. The predicted molar refractivity (Wildman–Crippen MR) is 87.7 cm³/mol. The molecule has 1 atom stereocenters. The van der Waals surface area contributed by atoms with Gasteiger partial charge in [-0.15, -0.1) is 0 Å². The Morgan fingerprint density at radius 1 is 1.14 bits per heavy atom. The third-order valence-corrected chi connectivity index (χ3v) is 4.23. The molecule has 0 radical (unpaired) electrons. The van der Waals surface area contributed by atoms with Crippen LogP contribution in [-0.2, 0) is 4.79 Å². The van der Waals surface area contributed by atoms with Crippen LogP contribution >= 0.6 is 0 Å². The fourth-order valence-corrected chi connectivity index (χ4v) is 2.79. The Bertz CT molecular complexity index is 497. The first-order chi connectivity index (χ1) is 10.7. The lowest BCUT2D eigenvalue weighted by Crippen LogP contribution is -2.42. The Balaban J connectivity index is 2.04. The minimum Gasteiger partial charge on any atom is -0.497 e. The molecule has 122 valence electrons. The van der Waals surface area contributed by atoms with Crippen LogP contribution in [-0.4, -0.2) is 44.2 Å². The molecule has 1 aromatic rings. The van der Waals surface area contributed by atoms with E-state index < -0.39 is 0 Å². The van der Waals surface area contributed by atoms with Crippen LogP contribution in [0.3, 0.4) is 0 Å². The summed E-state index contributed by atoms with van der Waals surface area (Å²) in [6, 6.07) is 5.26. The lowest BCUT2D eigenvalue weighted by Gasteiger charge is -2.26. The number of nitrogens with zero attached hydrogens (tertiary/aromatic N) is 1. The van der Waals surface area contributed by atoms with Gasteiger partial charge >= 0.3 is 0 Å². The van der Waals surface area contributed by atoms with Crippen LogP contribution in [0.15, 0.2) is 18.2 Å². The summed E-state index contributed by atoms with van der Waals surface area (Å²) >= 11 is 0. The van der Waals surface area contributed by atoms with Crippen LogP contribution in [0.2, 0.25) is 0 Å². The molecule has 1 saturated heterocycles. The van der Waals surface area contributed by atoms with E-state index in [1.165, 1.54) is 25.7 Å². The molecule has 1 heterocycles. The summed E-state index contributed by atoms with van der Waals surface area (Å²) in [5.74, 6) is 1.32. The third-order valence-electron chi connectivity index (χ3n) is 4.23. The summed E-state index contributed by atoms with van der Waals surface area (Å²) in [5, 5.41) is 2.97. The number of carbonyl (C=O) groups is 1. The molecule has 1 aliphatic rings. The van der Waals surface area contributed by atoms with E-state index >= 15 is 0 Å². The first-order valence-corrected chi connectivity index (χ1v) is 7.92. The molecule has 1 amide bonds. The number of hydrogen-bond donors (Lipinski definition) is 1. The lowest BCUT2D eigenvalue weighted by atomic mass is 10.2. The van der Waals surface area contributed by atoms with Crippen molar-refractivity contribution < 1.29 is 14.3 Å². The highest BCUT2D eigenvalue weighted by Gasteiger charge is 2.22. The van der Waals surface area contributed by atoms with Crippen LogP contribution in [0.25, 0.3) is 0 Å². The van der Waals surface area contributed by atoms with E-state index in [1.807, 2.05) is 19.1 Å². The maximum absolute atomic E-state index is 12.5. The minimum atomic E-state index is -0.134. The van der Waals surface area contributed by atoms with Gasteiger partial charge in [-0.05, 0) is 45.0 Å². The Labute approximate surface area is 132 Å². The molecule has 0 spiro atoms. The van der Waals surface area contributed by atoms with Gasteiger partial charge in [0, 0.05) is 6.07 Å². The van der Waals surface area contributed by atoms with Crippen LogP contribution in [0, 0.1) is 0 Å². The number of benzene rings is 1. The van der Waals surface area contributed by atoms with E-state index in [0.717, 1.165) is 13.1 Å². The standard InChI is InChI=1S/C17H26N2O3/c1-13(19-10-6-4-5-7-11-19)17(20)18-15-9-8-14(21-2)12-16(15)22-3/h8-9,12-13H,4-7,10-11H2,1-3H3,(H,18,20)/t13-/m1/s1. The van der Waals surface area contributed by atoms with Crippen LogP contribution in [0.5, 0.6) is 11.5 Å². The van der Waals surface area contributed by atoms with Crippen molar-refractivity contribution in [2.75, 3.05) is 32.6 Å². The number of hydrogen-bond acceptors (Lipinski definition) is 4. The van der Waals surface area contributed by atoms with Crippen molar-refractivity contribution >= 4 is 11.6 Å². The molecule has 1 aliphatic heterocycles. The van der Waals surface area contributed by atoms with Crippen LogP contribution in [0.4, 0.5) is 5.69 Å². The highest BCUT2D eigenvalue weighted by molar-refractivity contribution is 5.96. The fraction of sp³-hybridized carbons (Fsp3) is 0.588. The monoisotopic (exact) mass is 306 g/mol. The van der Waals surface area contributed by atoms with Crippen molar-refractivity contribution in [3.05, 3.63) is 18.2 Å². The first kappa shape index (κ1) is 16.6. The highest BCUT2D eigenvalue weighted by Crippen LogP contribution is 2.29.